The average molecular weight is 259 g/mol. The van der Waals surface area contributed by atoms with Crippen LogP contribution in [0.2, 0.25) is 0 Å². The van der Waals surface area contributed by atoms with Crippen LogP contribution in [0, 0.1) is 0 Å². The van der Waals surface area contributed by atoms with Gasteiger partial charge in [0.15, 0.2) is 0 Å². The van der Waals surface area contributed by atoms with Crippen LogP contribution in [0.25, 0.3) is 10.9 Å². The normalized spacial score (nSPS) is 12.6. The van der Waals surface area contributed by atoms with Gasteiger partial charge in [-0.1, -0.05) is 18.2 Å². The highest BCUT2D eigenvalue weighted by Crippen LogP contribution is 2.23. The molecular formula is C15H21N3O. The van der Waals surface area contributed by atoms with Gasteiger partial charge >= 0.3 is 0 Å². The van der Waals surface area contributed by atoms with Crippen molar-refractivity contribution in [2.24, 2.45) is 5.73 Å². The number of hydrogen-bond donors (Lipinski definition) is 1. The van der Waals surface area contributed by atoms with Gasteiger partial charge in [0, 0.05) is 26.1 Å². The van der Waals surface area contributed by atoms with Gasteiger partial charge in [-0.25, -0.2) is 4.98 Å². The fourth-order valence-electron chi connectivity index (χ4n) is 2.16. The molecule has 1 aromatic carbocycles. The molecule has 0 aliphatic carbocycles. The highest BCUT2D eigenvalue weighted by molar-refractivity contribution is 5.84. The molecule has 0 saturated carbocycles. The van der Waals surface area contributed by atoms with Crippen LogP contribution in [0.5, 0.6) is 0 Å². The first-order chi connectivity index (χ1) is 9.17. The second-order valence-electron chi connectivity index (χ2n) is 4.78. The zero-order valence-corrected chi connectivity index (χ0v) is 11.8. The van der Waals surface area contributed by atoms with Crippen LogP contribution in [0.1, 0.15) is 12.5 Å². The summed E-state index contributed by atoms with van der Waals surface area (Å²) in [7, 11) is 3.74. The SMILES string of the molecule is COCC(C)N(C)c1cc(CN)c2ccccc2n1. The summed E-state index contributed by atoms with van der Waals surface area (Å²) in [6, 6.07) is 10.4. The van der Waals surface area contributed by atoms with E-state index in [0.29, 0.717) is 13.2 Å². The molecule has 102 valence electrons. The van der Waals surface area contributed by atoms with Gasteiger partial charge in [0.1, 0.15) is 5.82 Å². The van der Waals surface area contributed by atoms with Gasteiger partial charge in [-0.2, -0.15) is 0 Å². The van der Waals surface area contributed by atoms with Crippen LogP contribution in [-0.2, 0) is 11.3 Å². The third kappa shape index (κ3) is 2.85. The molecule has 0 amide bonds. The van der Waals surface area contributed by atoms with Crippen molar-refractivity contribution in [2.75, 3.05) is 25.7 Å². The minimum atomic E-state index is 0.268. The summed E-state index contributed by atoms with van der Waals surface area (Å²) in [5, 5.41) is 1.13. The molecule has 1 heterocycles. The standard InChI is InChI=1S/C15H21N3O/c1-11(10-19-3)18(2)15-8-12(9-16)13-6-4-5-7-14(13)17-15/h4-8,11H,9-10,16H2,1-3H3. The Labute approximate surface area is 114 Å². The van der Waals surface area contributed by atoms with Crippen LogP contribution in [0.15, 0.2) is 30.3 Å². The number of hydrogen-bond acceptors (Lipinski definition) is 4. The molecule has 0 bridgehead atoms. The summed E-state index contributed by atoms with van der Waals surface area (Å²) < 4.78 is 5.20. The van der Waals surface area contributed by atoms with Crippen molar-refractivity contribution in [1.82, 2.24) is 4.98 Å². The Balaban J connectivity index is 2.44. The summed E-state index contributed by atoms with van der Waals surface area (Å²) in [4.78, 5) is 6.82. The summed E-state index contributed by atoms with van der Waals surface area (Å²) in [5.41, 5.74) is 7.95. The Kier molecular flexibility index (Phi) is 4.35. The minimum absolute atomic E-state index is 0.268. The third-order valence-electron chi connectivity index (χ3n) is 3.44. The summed E-state index contributed by atoms with van der Waals surface area (Å²) in [6.07, 6.45) is 0. The van der Waals surface area contributed by atoms with Crippen molar-refractivity contribution < 1.29 is 4.74 Å². The number of benzene rings is 1. The maximum atomic E-state index is 5.85. The molecule has 0 aliphatic heterocycles. The zero-order chi connectivity index (χ0) is 13.8. The Hall–Kier alpha value is -1.65. The van der Waals surface area contributed by atoms with Crippen LogP contribution >= 0.6 is 0 Å². The van der Waals surface area contributed by atoms with E-state index < -0.39 is 0 Å². The molecule has 2 rings (SSSR count). The number of para-hydroxylation sites is 1. The number of aromatic nitrogens is 1. The largest absolute Gasteiger partial charge is 0.383 e. The lowest BCUT2D eigenvalue weighted by atomic mass is 10.1. The number of nitrogens with two attached hydrogens (primary N) is 1. The summed E-state index contributed by atoms with van der Waals surface area (Å²) in [6.45, 7) is 3.30. The van der Waals surface area contributed by atoms with Crippen molar-refractivity contribution in [1.29, 1.82) is 0 Å². The molecule has 0 aliphatic rings. The fraction of sp³-hybridized carbons (Fsp3) is 0.400. The monoisotopic (exact) mass is 259 g/mol. The molecule has 0 fully saturated rings. The third-order valence-corrected chi connectivity index (χ3v) is 3.44. The highest BCUT2D eigenvalue weighted by atomic mass is 16.5. The number of ether oxygens (including phenoxy) is 1. The summed E-state index contributed by atoms with van der Waals surface area (Å²) >= 11 is 0. The highest BCUT2D eigenvalue weighted by Gasteiger charge is 2.13. The number of rotatable bonds is 5. The van der Waals surface area contributed by atoms with E-state index in [-0.39, 0.29) is 6.04 Å². The second-order valence-corrected chi connectivity index (χ2v) is 4.78. The first-order valence-corrected chi connectivity index (χ1v) is 6.48. The predicted octanol–water partition coefficient (Wildman–Crippen LogP) is 2.16. The van der Waals surface area contributed by atoms with Crippen molar-refractivity contribution in [3.05, 3.63) is 35.9 Å². The Morgan fingerprint density at radius 2 is 2.11 bits per heavy atom. The molecule has 0 spiro atoms. The van der Waals surface area contributed by atoms with E-state index in [1.165, 1.54) is 0 Å². The number of methoxy groups -OCH3 is 1. The molecule has 2 aromatic rings. The number of fused-ring (bicyclic) bond motifs is 1. The Bertz CT molecular complexity index is 556. The predicted molar refractivity (Wildman–Crippen MR) is 79.4 cm³/mol. The van der Waals surface area contributed by atoms with Crippen molar-refractivity contribution >= 4 is 16.7 Å². The van der Waals surface area contributed by atoms with Crippen LogP contribution in [0.3, 0.4) is 0 Å². The molecule has 19 heavy (non-hydrogen) atoms. The lowest BCUT2D eigenvalue weighted by Crippen LogP contribution is -2.33. The average Bonchev–Trinajstić information content (AvgIpc) is 2.45. The smallest absolute Gasteiger partial charge is 0.129 e. The number of likely N-dealkylation sites (N-methyl/N-ethyl adjacent to an activating group) is 1. The minimum Gasteiger partial charge on any atom is -0.383 e. The van der Waals surface area contributed by atoms with E-state index in [1.54, 1.807) is 7.11 Å². The van der Waals surface area contributed by atoms with Gasteiger partial charge < -0.3 is 15.4 Å². The van der Waals surface area contributed by atoms with Gasteiger partial charge in [0.2, 0.25) is 0 Å². The van der Waals surface area contributed by atoms with E-state index in [4.69, 9.17) is 15.5 Å². The van der Waals surface area contributed by atoms with Crippen molar-refractivity contribution in [3.8, 4) is 0 Å². The maximum absolute atomic E-state index is 5.85. The lowest BCUT2D eigenvalue weighted by Gasteiger charge is -2.26. The molecular weight excluding hydrogens is 238 g/mol. The van der Waals surface area contributed by atoms with Gasteiger partial charge in [-0.05, 0) is 24.6 Å². The molecule has 4 heteroatoms. The molecule has 4 nitrogen and oxygen atoms in total. The number of nitrogens with zero attached hydrogens (tertiary/aromatic N) is 2. The molecule has 1 atom stereocenters. The molecule has 0 saturated heterocycles. The van der Waals surface area contributed by atoms with Crippen LogP contribution in [-0.4, -0.2) is 31.8 Å². The number of anilines is 1. The van der Waals surface area contributed by atoms with E-state index in [2.05, 4.69) is 24.0 Å². The molecule has 0 radical (unpaired) electrons. The van der Waals surface area contributed by atoms with Gasteiger partial charge in [0.05, 0.1) is 18.2 Å². The van der Waals surface area contributed by atoms with Crippen molar-refractivity contribution in [3.63, 3.8) is 0 Å². The van der Waals surface area contributed by atoms with E-state index in [1.807, 2.05) is 25.2 Å². The first kappa shape index (κ1) is 13.8. The fourth-order valence-corrected chi connectivity index (χ4v) is 2.16. The Morgan fingerprint density at radius 1 is 1.37 bits per heavy atom. The molecule has 2 N–H and O–H groups in total. The topological polar surface area (TPSA) is 51.4 Å². The van der Waals surface area contributed by atoms with Crippen LogP contribution < -0.4 is 10.6 Å². The van der Waals surface area contributed by atoms with Gasteiger partial charge in [-0.3, -0.25) is 0 Å². The Morgan fingerprint density at radius 3 is 2.79 bits per heavy atom. The van der Waals surface area contributed by atoms with Crippen LogP contribution in [0.4, 0.5) is 5.82 Å². The van der Waals surface area contributed by atoms with Gasteiger partial charge in [-0.15, -0.1) is 0 Å². The van der Waals surface area contributed by atoms with E-state index in [0.717, 1.165) is 22.3 Å². The quantitative estimate of drug-likeness (QED) is 0.894. The first-order valence-electron chi connectivity index (χ1n) is 6.48. The van der Waals surface area contributed by atoms with E-state index >= 15 is 0 Å². The number of pyridine rings is 1. The maximum Gasteiger partial charge on any atom is 0.129 e. The summed E-state index contributed by atoms with van der Waals surface area (Å²) in [5.74, 6) is 0.934. The van der Waals surface area contributed by atoms with Crippen molar-refractivity contribution in [2.45, 2.75) is 19.5 Å². The molecule has 1 unspecified atom stereocenters. The molecule has 1 aromatic heterocycles. The lowest BCUT2D eigenvalue weighted by molar-refractivity contribution is 0.183. The van der Waals surface area contributed by atoms with Gasteiger partial charge in [0.25, 0.3) is 0 Å². The zero-order valence-electron chi connectivity index (χ0n) is 11.8. The second kappa shape index (κ2) is 5.99. The van der Waals surface area contributed by atoms with E-state index in [9.17, 15) is 0 Å².